The maximum absolute atomic E-state index is 12.9. The van der Waals surface area contributed by atoms with Crippen LogP contribution in [0.2, 0.25) is 0 Å². The highest BCUT2D eigenvalue weighted by Gasteiger charge is 2.36. The number of hydrogen-bond acceptors (Lipinski definition) is 6. The maximum Gasteiger partial charge on any atom is 0.269 e. The van der Waals surface area contributed by atoms with Crippen LogP contribution in [0.5, 0.6) is 0 Å². The standard InChI is InChI=1S/C27H22N6O3S/c34-24(19-5-6-20-15-29-12-9-18(20)14-19)31-32-27(37)30-21(13-17-7-10-28-11-8-17)16-33-25(35)22-3-1-2-4-23(22)26(33)36/h1-12,14-15,21H,13,16H2,(H,31,34)(H2,30,32,37)/t21-/m0/s1. The summed E-state index contributed by atoms with van der Waals surface area (Å²) in [6.07, 6.45) is 7.20. The van der Waals surface area contributed by atoms with Crippen molar-refractivity contribution >= 4 is 45.8 Å². The largest absolute Gasteiger partial charge is 0.356 e. The van der Waals surface area contributed by atoms with Crippen molar-refractivity contribution in [2.45, 2.75) is 12.5 Å². The van der Waals surface area contributed by atoms with Gasteiger partial charge in [0, 0.05) is 42.3 Å². The zero-order valence-electron chi connectivity index (χ0n) is 19.5. The topological polar surface area (TPSA) is 116 Å². The summed E-state index contributed by atoms with van der Waals surface area (Å²) in [4.78, 5) is 47.8. The van der Waals surface area contributed by atoms with Crippen LogP contribution in [0.15, 0.2) is 85.5 Å². The van der Waals surface area contributed by atoms with Gasteiger partial charge in [0.05, 0.1) is 17.2 Å². The molecule has 10 heteroatoms. The number of amides is 3. The van der Waals surface area contributed by atoms with Gasteiger partial charge in [-0.3, -0.25) is 40.1 Å². The van der Waals surface area contributed by atoms with Crippen LogP contribution in [0.1, 0.15) is 36.6 Å². The van der Waals surface area contributed by atoms with E-state index in [4.69, 9.17) is 12.2 Å². The maximum atomic E-state index is 12.9. The third-order valence-corrected chi connectivity index (χ3v) is 6.26. The first-order valence-electron chi connectivity index (χ1n) is 11.5. The number of fused-ring (bicyclic) bond motifs is 2. The highest BCUT2D eigenvalue weighted by Crippen LogP contribution is 2.23. The van der Waals surface area contributed by atoms with Crippen LogP contribution < -0.4 is 16.2 Å². The number of carbonyl (C=O) groups excluding carboxylic acids is 3. The number of hydrazine groups is 1. The Morgan fingerprint density at radius 1 is 0.865 bits per heavy atom. The van der Waals surface area contributed by atoms with Gasteiger partial charge < -0.3 is 5.32 Å². The summed E-state index contributed by atoms with van der Waals surface area (Å²) in [7, 11) is 0. The first-order chi connectivity index (χ1) is 18.0. The minimum atomic E-state index is -0.422. The van der Waals surface area contributed by atoms with Gasteiger partial charge in [-0.1, -0.05) is 18.2 Å². The summed E-state index contributed by atoms with van der Waals surface area (Å²) in [5.41, 5.74) is 7.47. The van der Waals surface area contributed by atoms with Gasteiger partial charge >= 0.3 is 0 Å². The Balaban J connectivity index is 1.26. The van der Waals surface area contributed by atoms with Crippen molar-refractivity contribution in [3.05, 3.63) is 108 Å². The van der Waals surface area contributed by atoms with Gasteiger partial charge in [0.15, 0.2) is 5.11 Å². The van der Waals surface area contributed by atoms with E-state index in [1.165, 1.54) is 4.90 Å². The van der Waals surface area contributed by atoms with Crippen LogP contribution in [0.3, 0.4) is 0 Å². The molecule has 1 atom stereocenters. The summed E-state index contributed by atoms with van der Waals surface area (Å²) >= 11 is 5.42. The number of imide groups is 1. The number of aromatic nitrogens is 2. The van der Waals surface area contributed by atoms with Crippen LogP contribution >= 0.6 is 12.2 Å². The molecule has 2 aromatic carbocycles. The Morgan fingerprint density at radius 2 is 1.57 bits per heavy atom. The number of thiocarbonyl (C=S) groups is 1. The summed E-state index contributed by atoms with van der Waals surface area (Å²) in [5, 5.41) is 5.09. The van der Waals surface area contributed by atoms with Crippen molar-refractivity contribution in [1.29, 1.82) is 0 Å². The first kappa shape index (κ1) is 24.0. The Labute approximate surface area is 217 Å². The average Bonchev–Trinajstić information content (AvgIpc) is 3.17. The molecule has 2 aromatic heterocycles. The number of hydrogen-bond donors (Lipinski definition) is 3. The van der Waals surface area contributed by atoms with Crippen molar-refractivity contribution in [3.8, 4) is 0 Å². The van der Waals surface area contributed by atoms with E-state index in [0.717, 1.165) is 16.3 Å². The first-order valence-corrected chi connectivity index (χ1v) is 11.9. The average molecular weight is 511 g/mol. The van der Waals surface area contributed by atoms with Gasteiger partial charge in [-0.05, 0) is 72.1 Å². The van der Waals surface area contributed by atoms with E-state index < -0.39 is 6.04 Å². The molecule has 1 aliphatic heterocycles. The molecule has 3 heterocycles. The fraction of sp³-hybridized carbons (Fsp3) is 0.111. The van der Waals surface area contributed by atoms with E-state index >= 15 is 0 Å². The molecule has 3 amide bonds. The quantitative estimate of drug-likeness (QED) is 0.206. The predicted molar refractivity (Wildman–Crippen MR) is 142 cm³/mol. The second kappa shape index (κ2) is 10.5. The van der Waals surface area contributed by atoms with Gasteiger partial charge in [0.2, 0.25) is 0 Å². The summed E-state index contributed by atoms with van der Waals surface area (Å²) < 4.78 is 0. The van der Waals surface area contributed by atoms with E-state index in [9.17, 15) is 14.4 Å². The molecule has 4 aromatic rings. The number of benzene rings is 2. The molecule has 5 rings (SSSR count). The van der Waals surface area contributed by atoms with Gasteiger partial charge in [0.1, 0.15) is 0 Å². The van der Waals surface area contributed by atoms with Gasteiger partial charge in [-0.15, -0.1) is 0 Å². The summed E-state index contributed by atoms with van der Waals surface area (Å²) in [6, 6.07) is 17.1. The Bertz CT molecular complexity index is 1480. The fourth-order valence-electron chi connectivity index (χ4n) is 4.22. The third kappa shape index (κ3) is 5.29. The molecule has 0 unspecified atom stereocenters. The highest BCUT2D eigenvalue weighted by molar-refractivity contribution is 7.80. The monoisotopic (exact) mass is 510 g/mol. The molecular weight excluding hydrogens is 488 g/mol. The van der Waals surface area contributed by atoms with Crippen LogP contribution in [0.4, 0.5) is 0 Å². The Morgan fingerprint density at radius 3 is 2.30 bits per heavy atom. The third-order valence-electron chi connectivity index (χ3n) is 6.04. The zero-order valence-corrected chi connectivity index (χ0v) is 20.4. The molecule has 1 aliphatic rings. The number of carbonyl (C=O) groups is 3. The second-order valence-electron chi connectivity index (χ2n) is 8.51. The van der Waals surface area contributed by atoms with Crippen molar-refractivity contribution in [2.24, 2.45) is 0 Å². The van der Waals surface area contributed by atoms with Crippen LogP contribution in [-0.2, 0) is 6.42 Å². The lowest BCUT2D eigenvalue weighted by molar-refractivity contribution is 0.0641. The number of rotatable bonds is 6. The molecule has 37 heavy (non-hydrogen) atoms. The number of nitrogens with zero attached hydrogens (tertiary/aromatic N) is 3. The van der Waals surface area contributed by atoms with Crippen LogP contribution in [0, 0.1) is 0 Å². The van der Waals surface area contributed by atoms with Crippen molar-refractivity contribution in [3.63, 3.8) is 0 Å². The number of pyridine rings is 2. The van der Waals surface area contributed by atoms with Gasteiger partial charge in [0.25, 0.3) is 17.7 Å². The van der Waals surface area contributed by atoms with E-state index in [2.05, 4.69) is 26.1 Å². The van der Waals surface area contributed by atoms with E-state index in [1.54, 1.807) is 61.2 Å². The fourth-order valence-corrected chi connectivity index (χ4v) is 4.44. The zero-order chi connectivity index (χ0) is 25.8. The lowest BCUT2D eigenvalue weighted by Crippen LogP contribution is -2.53. The van der Waals surface area contributed by atoms with Gasteiger partial charge in [-0.25, -0.2) is 0 Å². The molecule has 0 saturated carbocycles. The Kier molecular flexibility index (Phi) is 6.82. The molecule has 0 aliphatic carbocycles. The Hall–Kier alpha value is -4.70. The minimum Gasteiger partial charge on any atom is -0.356 e. The van der Waals surface area contributed by atoms with E-state index in [-0.39, 0.29) is 29.4 Å². The molecule has 3 N–H and O–H groups in total. The molecule has 0 fully saturated rings. The predicted octanol–water partition coefficient (Wildman–Crippen LogP) is 2.65. The SMILES string of the molecule is O=C(NNC(=S)N[C@@H](Cc1ccncc1)CN1C(=O)c2ccccc2C1=O)c1ccc2cnccc2c1. The van der Waals surface area contributed by atoms with Crippen molar-refractivity contribution < 1.29 is 14.4 Å². The molecule has 0 radical (unpaired) electrons. The summed E-state index contributed by atoms with van der Waals surface area (Å²) in [6.45, 7) is 0.0865. The van der Waals surface area contributed by atoms with Crippen molar-refractivity contribution in [2.75, 3.05) is 6.54 Å². The normalized spacial score (nSPS) is 13.2. The molecule has 9 nitrogen and oxygen atoms in total. The number of nitrogens with one attached hydrogen (secondary N) is 3. The molecule has 0 saturated heterocycles. The molecule has 0 bridgehead atoms. The second-order valence-corrected chi connectivity index (χ2v) is 8.92. The van der Waals surface area contributed by atoms with E-state index in [0.29, 0.717) is 23.1 Å². The van der Waals surface area contributed by atoms with Gasteiger partial charge in [-0.2, -0.15) is 0 Å². The smallest absolute Gasteiger partial charge is 0.269 e. The molecular formula is C27H22N6O3S. The lowest BCUT2D eigenvalue weighted by atomic mass is 10.1. The van der Waals surface area contributed by atoms with Crippen LogP contribution in [0.25, 0.3) is 10.8 Å². The van der Waals surface area contributed by atoms with E-state index in [1.807, 2.05) is 24.3 Å². The molecule has 184 valence electrons. The minimum absolute atomic E-state index is 0.0865. The van der Waals surface area contributed by atoms with Crippen LogP contribution in [-0.4, -0.2) is 50.3 Å². The summed E-state index contributed by atoms with van der Waals surface area (Å²) in [5.74, 6) is -1.06. The molecule has 0 spiro atoms. The van der Waals surface area contributed by atoms with Crippen molar-refractivity contribution in [1.82, 2.24) is 31.0 Å². The highest BCUT2D eigenvalue weighted by atomic mass is 32.1. The lowest BCUT2D eigenvalue weighted by Gasteiger charge is -2.25.